The molecule has 2 atom stereocenters. The number of halogens is 1. The lowest BCUT2D eigenvalue weighted by Gasteiger charge is -2.29. The number of nitrogens with one attached hydrogen (secondary N) is 2. The summed E-state index contributed by atoms with van der Waals surface area (Å²) >= 11 is 3.42. The molecule has 0 bridgehead atoms. The molecule has 1 saturated heterocycles. The van der Waals surface area contributed by atoms with Crippen LogP contribution < -0.4 is 15.6 Å². The fourth-order valence-corrected chi connectivity index (χ4v) is 2.82. The maximum atomic E-state index is 12.0. The SMILES string of the molecule is CC(Oc1cc(Br)cc2nc[nH]c(=O)c12)C1COCCN1. The molecule has 1 aromatic heterocycles. The first-order chi connectivity index (χ1) is 10.1. The Labute approximate surface area is 130 Å². The lowest BCUT2D eigenvalue weighted by atomic mass is 10.1. The van der Waals surface area contributed by atoms with Gasteiger partial charge in [0.05, 0.1) is 31.1 Å². The van der Waals surface area contributed by atoms with Crippen molar-refractivity contribution in [2.45, 2.75) is 19.1 Å². The molecule has 2 N–H and O–H groups in total. The lowest BCUT2D eigenvalue weighted by Crippen LogP contribution is -2.49. The van der Waals surface area contributed by atoms with Gasteiger partial charge in [-0.1, -0.05) is 15.9 Å². The van der Waals surface area contributed by atoms with Crippen molar-refractivity contribution in [3.05, 3.63) is 33.3 Å². The van der Waals surface area contributed by atoms with Crippen molar-refractivity contribution in [3.63, 3.8) is 0 Å². The monoisotopic (exact) mass is 353 g/mol. The molecular weight excluding hydrogens is 338 g/mol. The molecule has 3 rings (SSSR count). The van der Waals surface area contributed by atoms with Gasteiger partial charge in [-0.25, -0.2) is 4.98 Å². The molecule has 112 valence electrons. The van der Waals surface area contributed by atoms with Crippen molar-refractivity contribution >= 4 is 26.8 Å². The predicted octanol–water partition coefficient (Wildman–Crippen LogP) is 1.44. The minimum atomic E-state index is -0.206. The first kappa shape index (κ1) is 14.5. The van der Waals surface area contributed by atoms with Crippen LogP contribution in [0.5, 0.6) is 5.75 Å². The molecule has 1 aromatic carbocycles. The van der Waals surface area contributed by atoms with Gasteiger partial charge < -0.3 is 19.8 Å². The van der Waals surface area contributed by atoms with Gasteiger partial charge in [0, 0.05) is 11.0 Å². The molecule has 7 heteroatoms. The van der Waals surface area contributed by atoms with E-state index in [-0.39, 0.29) is 17.7 Å². The Balaban J connectivity index is 1.94. The standard InChI is InChI=1S/C14H16BrN3O3/c1-8(11-6-20-3-2-16-11)21-12-5-9(15)4-10-13(12)14(19)18-7-17-10/h4-5,7-8,11,16H,2-3,6H2,1H3,(H,17,18,19). The van der Waals surface area contributed by atoms with Gasteiger partial charge in [0.15, 0.2) is 0 Å². The van der Waals surface area contributed by atoms with E-state index in [0.29, 0.717) is 29.9 Å². The van der Waals surface area contributed by atoms with Gasteiger partial charge in [-0.3, -0.25) is 4.79 Å². The van der Waals surface area contributed by atoms with Crippen LogP contribution in [0, 0.1) is 0 Å². The molecule has 1 aliphatic rings. The van der Waals surface area contributed by atoms with E-state index in [1.54, 1.807) is 12.1 Å². The molecule has 0 spiro atoms. The van der Waals surface area contributed by atoms with E-state index in [1.165, 1.54) is 6.33 Å². The molecule has 2 aromatic rings. The minimum absolute atomic E-state index is 0.100. The van der Waals surface area contributed by atoms with E-state index in [0.717, 1.165) is 11.0 Å². The number of aromatic amines is 1. The summed E-state index contributed by atoms with van der Waals surface area (Å²) < 4.78 is 12.3. The highest BCUT2D eigenvalue weighted by molar-refractivity contribution is 9.10. The fourth-order valence-electron chi connectivity index (χ4n) is 2.39. The van der Waals surface area contributed by atoms with Crippen LogP contribution in [0.25, 0.3) is 10.9 Å². The summed E-state index contributed by atoms with van der Waals surface area (Å²) in [7, 11) is 0. The van der Waals surface area contributed by atoms with Crippen LogP contribution in [0.3, 0.4) is 0 Å². The lowest BCUT2D eigenvalue weighted by molar-refractivity contribution is 0.0341. The molecule has 1 aliphatic heterocycles. The summed E-state index contributed by atoms with van der Waals surface area (Å²) in [4.78, 5) is 18.8. The highest BCUT2D eigenvalue weighted by Crippen LogP contribution is 2.27. The average Bonchev–Trinajstić information content (AvgIpc) is 2.47. The number of aromatic nitrogens is 2. The van der Waals surface area contributed by atoms with Gasteiger partial charge in [-0.15, -0.1) is 0 Å². The van der Waals surface area contributed by atoms with E-state index in [9.17, 15) is 4.79 Å². The Bertz CT molecular complexity index is 697. The second kappa shape index (κ2) is 6.13. The van der Waals surface area contributed by atoms with Gasteiger partial charge >= 0.3 is 0 Å². The summed E-state index contributed by atoms with van der Waals surface area (Å²) in [5, 5.41) is 3.82. The fraction of sp³-hybridized carbons (Fsp3) is 0.429. The summed E-state index contributed by atoms with van der Waals surface area (Å²) in [5.41, 5.74) is 0.394. The van der Waals surface area contributed by atoms with Gasteiger partial charge in [0.25, 0.3) is 5.56 Å². The zero-order valence-corrected chi connectivity index (χ0v) is 13.1. The van der Waals surface area contributed by atoms with Crippen molar-refractivity contribution in [3.8, 4) is 5.75 Å². The highest BCUT2D eigenvalue weighted by Gasteiger charge is 2.23. The number of rotatable bonds is 3. The third-order valence-electron chi connectivity index (χ3n) is 3.50. The Morgan fingerprint density at radius 3 is 3.14 bits per heavy atom. The zero-order chi connectivity index (χ0) is 14.8. The number of morpholine rings is 1. The van der Waals surface area contributed by atoms with E-state index < -0.39 is 0 Å². The summed E-state index contributed by atoms with van der Waals surface area (Å²) in [6.07, 6.45) is 1.27. The van der Waals surface area contributed by atoms with Gasteiger partial charge in [0.2, 0.25) is 0 Å². The number of ether oxygens (including phenoxy) is 2. The molecule has 0 saturated carbocycles. The minimum Gasteiger partial charge on any atom is -0.488 e. The molecular formula is C14H16BrN3O3. The Kier molecular flexibility index (Phi) is 4.23. The quantitative estimate of drug-likeness (QED) is 0.873. The van der Waals surface area contributed by atoms with Crippen molar-refractivity contribution < 1.29 is 9.47 Å². The van der Waals surface area contributed by atoms with Crippen LogP contribution in [0.4, 0.5) is 0 Å². The maximum Gasteiger partial charge on any atom is 0.262 e. The second-order valence-corrected chi connectivity index (χ2v) is 5.90. The summed E-state index contributed by atoms with van der Waals surface area (Å²) in [5.74, 6) is 0.522. The molecule has 21 heavy (non-hydrogen) atoms. The highest BCUT2D eigenvalue weighted by atomic mass is 79.9. The third-order valence-corrected chi connectivity index (χ3v) is 3.96. The number of benzene rings is 1. The van der Waals surface area contributed by atoms with E-state index in [2.05, 4.69) is 31.2 Å². The molecule has 0 aliphatic carbocycles. The number of fused-ring (bicyclic) bond motifs is 1. The number of nitrogens with zero attached hydrogens (tertiary/aromatic N) is 1. The van der Waals surface area contributed by atoms with Crippen molar-refractivity contribution in [2.24, 2.45) is 0 Å². The van der Waals surface area contributed by atoms with E-state index in [4.69, 9.17) is 9.47 Å². The first-order valence-electron chi connectivity index (χ1n) is 6.80. The molecule has 6 nitrogen and oxygen atoms in total. The first-order valence-corrected chi connectivity index (χ1v) is 7.59. The summed E-state index contributed by atoms with van der Waals surface area (Å²) in [6.45, 7) is 4.08. The zero-order valence-electron chi connectivity index (χ0n) is 11.6. The third kappa shape index (κ3) is 3.09. The number of hydrogen-bond donors (Lipinski definition) is 2. The molecule has 2 heterocycles. The molecule has 0 amide bonds. The van der Waals surface area contributed by atoms with Crippen LogP contribution in [-0.2, 0) is 4.74 Å². The molecule has 1 fully saturated rings. The number of hydrogen-bond acceptors (Lipinski definition) is 5. The predicted molar refractivity (Wildman–Crippen MR) is 82.8 cm³/mol. The second-order valence-electron chi connectivity index (χ2n) is 4.99. The van der Waals surface area contributed by atoms with Crippen molar-refractivity contribution in [2.75, 3.05) is 19.8 Å². The van der Waals surface area contributed by atoms with Crippen LogP contribution in [0.15, 0.2) is 27.7 Å². The molecule has 2 unspecified atom stereocenters. The van der Waals surface area contributed by atoms with Crippen LogP contribution in [0.2, 0.25) is 0 Å². The van der Waals surface area contributed by atoms with Crippen molar-refractivity contribution in [1.82, 2.24) is 15.3 Å². The smallest absolute Gasteiger partial charge is 0.262 e. The Morgan fingerprint density at radius 2 is 2.38 bits per heavy atom. The average molecular weight is 354 g/mol. The largest absolute Gasteiger partial charge is 0.488 e. The Hall–Kier alpha value is -1.44. The van der Waals surface area contributed by atoms with Crippen LogP contribution >= 0.6 is 15.9 Å². The normalized spacial score (nSPS) is 20.4. The van der Waals surface area contributed by atoms with E-state index >= 15 is 0 Å². The molecule has 0 radical (unpaired) electrons. The van der Waals surface area contributed by atoms with Gasteiger partial charge in [0.1, 0.15) is 17.2 Å². The van der Waals surface area contributed by atoms with E-state index in [1.807, 2.05) is 6.92 Å². The maximum absolute atomic E-state index is 12.0. The van der Waals surface area contributed by atoms with Crippen LogP contribution in [-0.4, -0.2) is 41.9 Å². The topological polar surface area (TPSA) is 76.2 Å². The summed E-state index contributed by atoms with van der Waals surface area (Å²) in [6, 6.07) is 3.69. The number of H-pyrrole nitrogens is 1. The van der Waals surface area contributed by atoms with Crippen LogP contribution in [0.1, 0.15) is 6.92 Å². The van der Waals surface area contributed by atoms with Crippen molar-refractivity contribution in [1.29, 1.82) is 0 Å². The van der Waals surface area contributed by atoms with Gasteiger partial charge in [-0.05, 0) is 19.1 Å². The Morgan fingerprint density at radius 1 is 1.52 bits per heavy atom. The van der Waals surface area contributed by atoms with Gasteiger partial charge in [-0.2, -0.15) is 0 Å².